The van der Waals surface area contributed by atoms with E-state index in [9.17, 15) is 9.90 Å². The van der Waals surface area contributed by atoms with Crippen molar-refractivity contribution in [3.05, 3.63) is 34.7 Å². The average Bonchev–Trinajstić information content (AvgIpc) is 3.00. The monoisotopic (exact) mass is 435 g/mol. The van der Waals surface area contributed by atoms with E-state index in [2.05, 4.69) is 11.0 Å². The molecule has 1 saturated heterocycles. The molecular weight excluding hydrogens is 398 g/mol. The van der Waals surface area contributed by atoms with Crippen molar-refractivity contribution >= 4 is 23.4 Å². The zero-order valence-corrected chi connectivity index (χ0v) is 19.2. The van der Waals surface area contributed by atoms with Crippen molar-refractivity contribution in [2.24, 2.45) is 11.8 Å². The van der Waals surface area contributed by atoms with Crippen LogP contribution in [0.1, 0.15) is 64.3 Å². The average molecular weight is 436 g/mol. The number of nitrogens with zero attached hydrogens (tertiary/aromatic N) is 3. The lowest BCUT2D eigenvalue weighted by atomic mass is 9.88. The highest BCUT2D eigenvalue weighted by Gasteiger charge is 2.33. The first-order valence-corrected chi connectivity index (χ1v) is 11.8. The maximum Gasteiger partial charge on any atom is 0.329 e. The summed E-state index contributed by atoms with van der Waals surface area (Å²) in [6.07, 6.45) is 10.6. The van der Waals surface area contributed by atoms with Crippen molar-refractivity contribution in [3.63, 3.8) is 0 Å². The van der Waals surface area contributed by atoms with Crippen LogP contribution in [0.4, 0.5) is 0 Å². The molecule has 0 radical (unpaired) electrons. The minimum atomic E-state index is 0. The molecule has 5 nitrogen and oxygen atoms in total. The summed E-state index contributed by atoms with van der Waals surface area (Å²) in [4.78, 5) is 15.7. The minimum absolute atomic E-state index is 0. The summed E-state index contributed by atoms with van der Waals surface area (Å²) in [7, 11) is 0. The third-order valence-electron chi connectivity index (χ3n) is 7.27. The van der Waals surface area contributed by atoms with Crippen LogP contribution < -0.4 is 5.69 Å². The van der Waals surface area contributed by atoms with E-state index in [-0.39, 0.29) is 36.7 Å². The lowest BCUT2D eigenvalue weighted by Crippen LogP contribution is -2.46. The van der Waals surface area contributed by atoms with Crippen LogP contribution in [0.3, 0.4) is 0 Å². The number of aromatic nitrogens is 2. The number of para-hydroxylation sites is 2. The molecule has 1 saturated carbocycles. The highest BCUT2D eigenvalue weighted by molar-refractivity contribution is 5.85. The first-order chi connectivity index (χ1) is 14.2. The van der Waals surface area contributed by atoms with E-state index in [0.29, 0.717) is 6.54 Å². The van der Waals surface area contributed by atoms with Crippen LogP contribution in [-0.2, 0) is 6.54 Å². The molecule has 168 valence electrons. The molecule has 1 aliphatic carbocycles. The molecule has 1 N–H and O–H groups in total. The first kappa shape index (κ1) is 23.4. The quantitative estimate of drug-likeness (QED) is 0.754. The van der Waals surface area contributed by atoms with Crippen molar-refractivity contribution in [1.82, 2.24) is 14.0 Å². The Morgan fingerprint density at radius 2 is 1.67 bits per heavy atom. The Morgan fingerprint density at radius 1 is 1.00 bits per heavy atom. The van der Waals surface area contributed by atoms with E-state index in [1.807, 2.05) is 34.3 Å². The number of piperidine rings is 1. The maximum atomic E-state index is 13.2. The molecule has 0 spiro atoms. The van der Waals surface area contributed by atoms with Gasteiger partial charge >= 0.3 is 5.69 Å². The lowest BCUT2D eigenvalue weighted by Gasteiger charge is -2.40. The van der Waals surface area contributed by atoms with Gasteiger partial charge in [0, 0.05) is 44.7 Å². The van der Waals surface area contributed by atoms with Gasteiger partial charge in [0.1, 0.15) is 0 Å². The van der Waals surface area contributed by atoms with Gasteiger partial charge in [0.2, 0.25) is 0 Å². The van der Waals surface area contributed by atoms with Crippen molar-refractivity contribution < 1.29 is 5.11 Å². The highest BCUT2D eigenvalue weighted by Crippen LogP contribution is 2.32. The number of aryl methyl sites for hydroxylation is 1. The van der Waals surface area contributed by atoms with Crippen LogP contribution in [0.5, 0.6) is 0 Å². The van der Waals surface area contributed by atoms with E-state index < -0.39 is 0 Å². The van der Waals surface area contributed by atoms with Crippen LogP contribution >= 0.6 is 12.4 Å². The Balaban J connectivity index is 0.00000256. The van der Waals surface area contributed by atoms with Crippen LogP contribution in [0.2, 0.25) is 0 Å². The molecule has 1 aromatic carbocycles. The largest absolute Gasteiger partial charge is 0.396 e. The zero-order chi connectivity index (χ0) is 20.2. The summed E-state index contributed by atoms with van der Waals surface area (Å²) in [5.41, 5.74) is 2.09. The Kier molecular flexibility index (Phi) is 8.44. The van der Waals surface area contributed by atoms with Gasteiger partial charge in [-0.05, 0) is 44.2 Å². The molecule has 2 aliphatic rings. The van der Waals surface area contributed by atoms with Crippen LogP contribution in [0.25, 0.3) is 11.0 Å². The Labute approximate surface area is 186 Å². The molecule has 2 fully saturated rings. The summed E-state index contributed by atoms with van der Waals surface area (Å²) in [6, 6.07) is 8.18. The fourth-order valence-corrected chi connectivity index (χ4v) is 5.73. The van der Waals surface area contributed by atoms with Gasteiger partial charge in [0.25, 0.3) is 0 Å². The molecule has 30 heavy (non-hydrogen) atoms. The predicted molar refractivity (Wildman–Crippen MR) is 126 cm³/mol. The molecule has 6 heteroatoms. The standard InChI is InChI=1S/C24H37N3O2.ClH/c1-2-26-22-12-8-9-13-23(22)27(24(26)29)21-14-15-25(17-20(21)18-28)16-19-10-6-4-3-5-7-11-19;/h8-9,12-13,19-21,28H,2-7,10-11,14-18H2,1H3;1H/t20-,21?;/m0./s1. The van der Waals surface area contributed by atoms with Gasteiger partial charge in [-0.25, -0.2) is 4.79 Å². The van der Waals surface area contributed by atoms with Gasteiger partial charge < -0.3 is 10.0 Å². The van der Waals surface area contributed by atoms with E-state index in [0.717, 1.165) is 43.0 Å². The molecule has 1 aromatic heterocycles. The summed E-state index contributed by atoms with van der Waals surface area (Å²) in [6.45, 7) is 5.93. The second kappa shape index (κ2) is 10.8. The fraction of sp³-hybridized carbons (Fsp3) is 0.708. The van der Waals surface area contributed by atoms with Gasteiger partial charge in [-0.2, -0.15) is 0 Å². The smallest absolute Gasteiger partial charge is 0.329 e. The predicted octanol–water partition coefficient (Wildman–Crippen LogP) is 4.46. The number of hydrogen-bond donors (Lipinski definition) is 1. The number of hydrogen-bond acceptors (Lipinski definition) is 3. The van der Waals surface area contributed by atoms with Gasteiger partial charge in [0.15, 0.2) is 0 Å². The number of likely N-dealkylation sites (tertiary alicyclic amines) is 1. The molecule has 0 bridgehead atoms. The summed E-state index contributed by atoms with van der Waals surface area (Å²) >= 11 is 0. The Bertz CT molecular complexity index is 854. The van der Waals surface area contributed by atoms with Crippen molar-refractivity contribution in [3.8, 4) is 0 Å². The van der Waals surface area contributed by atoms with Crippen LogP contribution in [0, 0.1) is 11.8 Å². The lowest BCUT2D eigenvalue weighted by molar-refractivity contribution is 0.0647. The van der Waals surface area contributed by atoms with Gasteiger partial charge in [-0.1, -0.05) is 44.2 Å². The van der Waals surface area contributed by atoms with Crippen molar-refractivity contribution in [1.29, 1.82) is 0 Å². The molecule has 1 aliphatic heterocycles. The van der Waals surface area contributed by atoms with E-state index in [4.69, 9.17) is 0 Å². The molecule has 1 unspecified atom stereocenters. The number of benzene rings is 1. The van der Waals surface area contributed by atoms with Gasteiger partial charge in [0.05, 0.1) is 11.0 Å². The number of aliphatic hydroxyl groups excluding tert-OH is 1. The second-order valence-corrected chi connectivity index (χ2v) is 9.15. The van der Waals surface area contributed by atoms with Crippen molar-refractivity contribution in [2.45, 2.75) is 70.9 Å². The second-order valence-electron chi connectivity index (χ2n) is 9.15. The highest BCUT2D eigenvalue weighted by atomic mass is 35.5. The molecule has 2 aromatic rings. The summed E-state index contributed by atoms with van der Waals surface area (Å²) in [5, 5.41) is 10.2. The maximum absolute atomic E-state index is 13.2. The zero-order valence-electron chi connectivity index (χ0n) is 18.3. The normalized spacial score (nSPS) is 24.3. The van der Waals surface area contributed by atoms with Gasteiger partial charge in [-0.3, -0.25) is 9.13 Å². The molecule has 2 heterocycles. The van der Waals surface area contributed by atoms with E-state index >= 15 is 0 Å². The number of aliphatic hydroxyl groups is 1. The van der Waals surface area contributed by atoms with Crippen LogP contribution in [0.15, 0.2) is 29.1 Å². The topological polar surface area (TPSA) is 50.4 Å². The number of halogens is 1. The van der Waals surface area contributed by atoms with Crippen molar-refractivity contribution in [2.75, 3.05) is 26.2 Å². The summed E-state index contributed by atoms with van der Waals surface area (Å²) < 4.78 is 3.84. The first-order valence-electron chi connectivity index (χ1n) is 11.8. The third-order valence-corrected chi connectivity index (χ3v) is 7.27. The molecular formula is C24H38ClN3O2. The SMILES string of the molecule is CCn1c(=O)n(C2CCN(CC3CCCCCCC3)C[C@H]2CO)c2ccccc21.Cl. The van der Waals surface area contributed by atoms with Crippen LogP contribution in [-0.4, -0.2) is 45.4 Å². The number of imidazole rings is 1. The third kappa shape index (κ3) is 4.79. The van der Waals surface area contributed by atoms with E-state index in [1.54, 1.807) is 0 Å². The van der Waals surface area contributed by atoms with Gasteiger partial charge in [-0.15, -0.1) is 12.4 Å². The minimum Gasteiger partial charge on any atom is -0.396 e. The molecule has 4 rings (SSSR count). The van der Waals surface area contributed by atoms with E-state index in [1.165, 1.54) is 44.9 Å². The Morgan fingerprint density at radius 3 is 2.33 bits per heavy atom. The Hall–Kier alpha value is -1.30. The number of fused-ring (bicyclic) bond motifs is 1. The molecule has 2 atom stereocenters. The summed E-state index contributed by atoms with van der Waals surface area (Å²) in [5.74, 6) is 0.919. The number of rotatable bonds is 5. The fourth-order valence-electron chi connectivity index (χ4n) is 5.73. The molecule has 0 amide bonds.